The molecule has 1 fully saturated rings. The topological polar surface area (TPSA) is 79.5 Å². The second-order valence-electron chi connectivity index (χ2n) is 8.87. The highest BCUT2D eigenvalue weighted by atomic mass is 32.1. The van der Waals surface area contributed by atoms with Crippen LogP contribution in [0.15, 0.2) is 48.7 Å². The molecule has 2 aromatic carbocycles. The number of fused-ring (bicyclic) bond motifs is 1. The highest BCUT2D eigenvalue weighted by Gasteiger charge is 2.20. The summed E-state index contributed by atoms with van der Waals surface area (Å²) in [6.45, 7) is 9.42. The van der Waals surface area contributed by atoms with Crippen molar-refractivity contribution in [1.29, 1.82) is 0 Å². The van der Waals surface area contributed by atoms with E-state index in [1.165, 1.54) is 5.56 Å². The van der Waals surface area contributed by atoms with Crippen molar-refractivity contribution in [2.24, 2.45) is 0 Å². The van der Waals surface area contributed by atoms with Crippen LogP contribution in [0.1, 0.15) is 16.3 Å². The van der Waals surface area contributed by atoms with Crippen LogP contribution >= 0.6 is 11.3 Å². The standard InChI is InChI=1S/C25H30N6O2S/c1-18-4-3-5-21(12-18)31-26-14-20(28-31)15-29-8-10-30(11-9-29)16-22(32)17-33-23-6-7-25-24(13-23)27-19(2)34-25/h3-7,12-14,22,32H,8-11,15-17H2,1-2H3/t22-/m1/s1. The molecule has 1 N–H and O–H groups in total. The fraction of sp³-hybridized carbons (Fsp3) is 0.400. The average Bonchev–Trinajstić information content (AvgIpc) is 3.44. The Hall–Kier alpha value is -2.85. The Labute approximate surface area is 203 Å². The lowest BCUT2D eigenvalue weighted by molar-refractivity contribution is 0.0444. The number of benzene rings is 2. The summed E-state index contributed by atoms with van der Waals surface area (Å²) in [6, 6.07) is 14.1. The fourth-order valence-electron chi connectivity index (χ4n) is 4.26. The van der Waals surface area contributed by atoms with Crippen LogP contribution in [0.5, 0.6) is 5.75 Å². The summed E-state index contributed by atoms with van der Waals surface area (Å²) in [5.74, 6) is 0.750. The van der Waals surface area contributed by atoms with Crippen LogP contribution in [-0.2, 0) is 6.54 Å². The van der Waals surface area contributed by atoms with Crippen molar-refractivity contribution in [3.05, 3.63) is 64.9 Å². The average molecular weight is 479 g/mol. The molecule has 0 bridgehead atoms. The first-order valence-corrected chi connectivity index (χ1v) is 12.4. The van der Waals surface area contributed by atoms with Crippen molar-refractivity contribution < 1.29 is 9.84 Å². The van der Waals surface area contributed by atoms with Gasteiger partial charge in [-0.05, 0) is 43.7 Å². The van der Waals surface area contributed by atoms with Crippen molar-refractivity contribution >= 4 is 21.6 Å². The molecular weight excluding hydrogens is 448 g/mol. The summed E-state index contributed by atoms with van der Waals surface area (Å²) in [7, 11) is 0. The molecule has 0 spiro atoms. The summed E-state index contributed by atoms with van der Waals surface area (Å²) < 4.78 is 6.99. The Kier molecular flexibility index (Phi) is 6.87. The Bertz CT molecular complexity index is 1250. The largest absolute Gasteiger partial charge is 0.491 e. The van der Waals surface area contributed by atoms with E-state index in [-0.39, 0.29) is 6.61 Å². The molecule has 0 unspecified atom stereocenters. The van der Waals surface area contributed by atoms with Gasteiger partial charge in [-0.15, -0.1) is 11.3 Å². The molecule has 5 rings (SSSR count). The van der Waals surface area contributed by atoms with Crippen molar-refractivity contribution in [3.63, 3.8) is 0 Å². The number of thiazole rings is 1. The summed E-state index contributed by atoms with van der Waals surface area (Å²) in [4.78, 5) is 10.9. The second-order valence-corrected chi connectivity index (χ2v) is 10.1. The zero-order chi connectivity index (χ0) is 23.5. The number of aliphatic hydroxyl groups excluding tert-OH is 1. The fourth-order valence-corrected chi connectivity index (χ4v) is 5.07. The third-order valence-corrected chi connectivity index (χ3v) is 6.95. The van der Waals surface area contributed by atoms with E-state index in [1.54, 1.807) is 16.1 Å². The Morgan fingerprint density at radius 1 is 1.06 bits per heavy atom. The number of rotatable bonds is 8. The molecule has 1 aliphatic rings. The number of hydrogen-bond donors (Lipinski definition) is 1. The SMILES string of the molecule is Cc1cccc(-n2ncc(CN3CCN(C[C@@H](O)COc4ccc5sc(C)nc5c4)CC3)n2)c1. The molecular formula is C25H30N6O2S. The van der Waals surface area contributed by atoms with Gasteiger partial charge in [0.25, 0.3) is 0 Å². The van der Waals surface area contributed by atoms with Gasteiger partial charge in [0, 0.05) is 45.3 Å². The van der Waals surface area contributed by atoms with E-state index in [4.69, 9.17) is 4.74 Å². The van der Waals surface area contributed by atoms with Crippen LogP contribution in [-0.4, -0.2) is 80.3 Å². The first-order chi connectivity index (χ1) is 16.5. The van der Waals surface area contributed by atoms with E-state index in [0.717, 1.165) is 65.1 Å². The number of aliphatic hydroxyl groups is 1. The number of ether oxygens (including phenoxy) is 1. The maximum Gasteiger partial charge on any atom is 0.121 e. The Morgan fingerprint density at radius 3 is 2.71 bits per heavy atom. The van der Waals surface area contributed by atoms with Crippen LogP contribution in [0.25, 0.3) is 15.9 Å². The number of piperazine rings is 1. The van der Waals surface area contributed by atoms with Gasteiger partial charge < -0.3 is 9.84 Å². The number of aryl methyl sites for hydroxylation is 2. The summed E-state index contributed by atoms with van der Waals surface area (Å²) in [5, 5.41) is 20.6. The molecule has 34 heavy (non-hydrogen) atoms. The first kappa shape index (κ1) is 22.9. The minimum absolute atomic E-state index is 0.275. The van der Waals surface area contributed by atoms with E-state index in [2.05, 4.69) is 44.0 Å². The predicted octanol–water partition coefficient (Wildman–Crippen LogP) is 3.05. The van der Waals surface area contributed by atoms with Gasteiger partial charge in [0.15, 0.2) is 0 Å². The number of hydrogen-bond acceptors (Lipinski definition) is 8. The zero-order valence-electron chi connectivity index (χ0n) is 19.6. The first-order valence-electron chi connectivity index (χ1n) is 11.6. The lowest BCUT2D eigenvalue weighted by Crippen LogP contribution is -2.48. The van der Waals surface area contributed by atoms with Crippen molar-refractivity contribution in [2.75, 3.05) is 39.3 Å². The van der Waals surface area contributed by atoms with E-state index in [0.29, 0.717) is 6.54 Å². The van der Waals surface area contributed by atoms with Crippen LogP contribution < -0.4 is 4.74 Å². The smallest absolute Gasteiger partial charge is 0.121 e. The zero-order valence-corrected chi connectivity index (χ0v) is 20.4. The van der Waals surface area contributed by atoms with E-state index >= 15 is 0 Å². The van der Waals surface area contributed by atoms with Crippen LogP contribution in [0.4, 0.5) is 0 Å². The van der Waals surface area contributed by atoms with Crippen LogP contribution in [0, 0.1) is 13.8 Å². The van der Waals surface area contributed by atoms with Crippen molar-refractivity contribution in [2.45, 2.75) is 26.5 Å². The molecule has 0 aliphatic carbocycles. The molecule has 2 aromatic heterocycles. The molecule has 178 valence electrons. The maximum atomic E-state index is 10.5. The normalized spacial score (nSPS) is 16.2. The maximum absolute atomic E-state index is 10.5. The van der Waals surface area contributed by atoms with E-state index < -0.39 is 6.10 Å². The van der Waals surface area contributed by atoms with Crippen molar-refractivity contribution in [1.82, 2.24) is 29.8 Å². The quantitative estimate of drug-likeness (QED) is 0.417. The van der Waals surface area contributed by atoms with E-state index in [9.17, 15) is 5.11 Å². The van der Waals surface area contributed by atoms with Gasteiger partial charge in [-0.1, -0.05) is 12.1 Å². The highest BCUT2D eigenvalue weighted by Crippen LogP contribution is 2.25. The molecule has 1 saturated heterocycles. The monoisotopic (exact) mass is 478 g/mol. The van der Waals surface area contributed by atoms with Gasteiger partial charge in [0.05, 0.1) is 32.8 Å². The van der Waals surface area contributed by atoms with Crippen LogP contribution in [0.3, 0.4) is 0 Å². The van der Waals surface area contributed by atoms with Gasteiger partial charge >= 0.3 is 0 Å². The third-order valence-electron chi connectivity index (χ3n) is 6.00. The summed E-state index contributed by atoms with van der Waals surface area (Å²) >= 11 is 1.67. The molecule has 1 atom stereocenters. The lowest BCUT2D eigenvalue weighted by atomic mass is 10.2. The lowest BCUT2D eigenvalue weighted by Gasteiger charge is -2.35. The Morgan fingerprint density at radius 2 is 1.88 bits per heavy atom. The molecule has 0 radical (unpaired) electrons. The second kappa shape index (κ2) is 10.2. The summed E-state index contributed by atoms with van der Waals surface area (Å²) in [6.07, 6.45) is 1.31. The third kappa shape index (κ3) is 5.61. The van der Waals surface area contributed by atoms with Gasteiger partial charge in [0.2, 0.25) is 0 Å². The van der Waals surface area contributed by atoms with Crippen LogP contribution in [0.2, 0.25) is 0 Å². The molecule has 9 heteroatoms. The van der Waals surface area contributed by atoms with E-state index in [1.807, 2.05) is 43.5 Å². The van der Waals surface area contributed by atoms with Gasteiger partial charge in [-0.3, -0.25) is 9.80 Å². The van der Waals surface area contributed by atoms with Gasteiger partial charge in [-0.2, -0.15) is 15.0 Å². The highest BCUT2D eigenvalue weighted by molar-refractivity contribution is 7.18. The number of aromatic nitrogens is 4. The Balaban J connectivity index is 1.06. The predicted molar refractivity (Wildman–Crippen MR) is 134 cm³/mol. The minimum atomic E-state index is -0.534. The molecule has 4 aromatic rings. The van der Waals surface area contributed by atoms with Gasteiger partial charge in [-0.25, -0.2) is 4.98 Å². The number of nitrogens with zero attached hydrogens (tertiary/aromatic N) is 6. The van der Waals surface area contributed by atoms with Crippen molar-refractivity contribution in [3.8, 4) is 11.4 Å². The molecule has 8 nitrogen and oxygen atoms in total. The molecule has 3 heterocycles. The summed E-state index contributed by atoms with van der Waals surface area (Å²) in [5.41, 5.74) is 4.09. The number of β-amino-alcohol motifs (C(OH)–C–C–N with tert-alkyl or cyclic N) is 1. The molecule has 0 saturated carbocycles. The van der Waals surface area contributed by atoms with Gasteiger partial charge in [0.1, 0.15) is 18.5 Å². The molecule has 0 amide bonds. The molecule has 1 aliphatic heterocycles. The minimum Gasteiger partial charge on any atom is -0.491 e.